The van der Waals surface area contributed by atoms with Crippen LogP contribution in [0.25, 0.3) is 0 Å². The first-order chi connectivity index (χ1) is 16.4. The minimum atomic E-state index is 0.497. The maximum absolute atomic E-state index is 5.15. The quantitative estimate of drug-likeness (QED) is 0.390. The summed E-state index contributed by atoms with van der Waals surface area (Å²) in [7, 11) is 3.22. The summed E-state index contributed by atoms with van der Waals surface area (Å²) < 4.78 is 11.9. The Morgan fingerprint density at radius 2 is 1.03 bits per heavy atom. The van der Waals surface area contributed by atoms with Crippen molar-refractivity contribution in [1.82, 2.24) is 19.9 Å². The Bertz CT molecular complexity index is 830. The van der Waals surface area contributed by atoms with Gasteiger partial charge >= 0.3 is 0 Å². The van der Waals surface area contributed by atoms with Gasteiger partial charge in [0, 0.05) is 12.1 Å². The first-order valence-corrected chi connectivity index (χ1v) is 13.6. The van der Waals surface area contributed by atoms with Gasteiger partial charge in [0.2, 0.25) is 23.7 Å². The first kappa shape index (κ1) is 26.9. The normalized spacial score (nSPS) is 24.4. The molecule has 0 amide bonds. The van der Waals surface area contributed by atoms with E-state index in [4.69, 9.17) is 9.47 Å². The van der Waals surface area contributed by atoms with Crippen LogP contribution in [0.4, 0.5) is 11.9 Å². The molecule has 0 unspecified atom stereocenters. The Balaban J connectivity index is 0.000000191. The lowest BCUT2D eigenvalue weighted by Crippen LogP contribution is -2.26. The summed E-state index contributed by atoms with van der Waals surface area (Å²) >= 11 is 6.69. The van der Waals surface area contributed by atoms with E-state index in [9.17, 15) is 0 Å². The van der Waals surface area contributed by atoms with Crippen molar-refractivity contribution >= 4 is 43.8 Å². The van der Waals surface area contributed by atoms with Crippen molar-refractivity contribution in [1.29, 1.82) is 0 Å². The van der Waals surface area contributed by atoms with Gasteiger partial charge in [-0.25, -0.2) is 9.97 Å². The molecule has 0 aromatic carbocycles. The highest BCUT2D eigenvalue weighted by Crippen LogP contribution is 2.28. The predicted octanol–water partition coefficient (Wildman–Crippen LogP) is 6.48. The van der Waals surface area contributed by atoms with Gasteiger partial charge in [-0.15, -0.1) is 0 Å². The number of methoxy groups -OCH3 is 2. The fourth-order valence-corrected chi connectivity index (χ4v) is 5.01. The second-order valence-electron chi connectivity index (χ2n) is 9.30. The maximum atomic E-state index is 5.15. The molecule has 188 valence electrons. The third-order valence-electron chi connectivity index (χ3n) is 6.51. The minimum absolute atomic E-state index is 0.497. The predicted molar refractivity (Wildman–Crippen MR) is 143 cm³/mol. The molecule has 4 rings (SSSR count). The van der Waals surface area contributed by atoms with Crippen LogP contribution in [0, 0.1) is 11.8 Å². The van der Waals surface area contributed by atoms with Crippen LogP contribution >= 0.6 is 31.9 Å². The largest absolute Gasteiger partial charge is 0.480 e. The number of ether oxygens (including phenoxy) is 2. The van der Waals surface area contributed by atoms with Crippen LogP contribution in [0.2, 0.25) is 0 Å². The molecule has 2 aromatic heterocycles. The third-order valence-corrected chi connectivity index (χ3v) is 7.60. The molecule has 2 aromatic rings. The number of halogens is 2. The summed E-state index contributed by atoms with van der Waals surface area (Å²) in [5, 5.41) is 6.76. The first-order valence-electron chi connectivity index (χ1n) is 12.0. The van der Waals surface area contributed by atoms with Crippen molar-refractivity contribution in [2.75, 3.05) is 24.9 Å². The summed E-state index contributed by atoms with van der Waals surface area (Å²) in [6.45, 7) is 4.63. The van der Waals surface area contributed by atoms with Crippen LogP contribution in [0.5, 0.6) is 11.8 Å². The number of aromatic nitrogens is 4. The van der Waals surface area contributed by atoms with E-state index < -0.39 is 0 Å². The van der Waals surface area contributed by atoms with Gasteiger partial charge in [0.15, 0.2) is 0 Å². The van der Waals surface area contributed by atoms with Crippen LogP contribution in [0.1, 0.15) is 65.2 Å². The van der Waals surface area contributed by atoms with Gasteiger partial charge in [0.1, 0.15) is 0 Å². The van der Waals surface area contributed by atoms with Gasteiger partial charge in [0.05, 0.1) is 35.6 Å². The van der Waals surface area contributed by atoms with Crippen molar-refractivity contribution in [2.24, 2.45) is 11.8 Å². The van der Waals surface area contributed by atoms with Crippen molar-refractivity contribution < 1.29 is 9.47 Å². The number of rotatable bonds is 6. The van der Waals surface area contributed by atoms with Crippen molar-refractivity contribution in [3.63, 3.8) is 0 Å². The molecule has 0 radical (unpaired) electrons. The molecule has 2 heterocycles. The lowest BCUT2D eigenvalue weighted by Gasteiger charge is -2.26. The second kappa shape index (κ2) is 13.4. The van der Waals surface area contributed by atoms with E-state index in [-0.39, 0.29) is 0 Å². The molecule has 0 aliphatic heterocycles. The zero-order valence-corrected chi connectivity index (χ0v) is 23.7. The van der Waals surface area contributed by atoms with Gasteiger partial charge in [-0.2, -0.15) is 9.97 Å². The van der Waals surface area contributed by atoms with Crippen molar-refractivity contribution in [3.05, 3.63) is 21.3 Å². The molecule has 0 saturated heterocycles. The van der Waals surface area contributed by atoms with Gasteiger partial charge < -0.3 is 20.1 Å². The van der Waals surface area contributed by atoms with E-state index >= 15 is 0 Å². The van der Waals surface area contributed by atoms with E-state index in [0.717, 1.165) is 20.8 Å². The van der Waals surface area contributed by atoms with Crippen molar-refractivity contribution in [3.8, 4) is 11.8 Å². The Hall–Kier alpha value is -1.68. The zero-order valence-electron chi connectivity index (χ0n) is 20.5. The van der Waals surface area contributed by atoms with Crippen LogP contribution in [-0.2, 0) is 0 Å². The highest BCUT2D eigenvalue weighted by molar-refractivity contribution is 9.10. The topological polar surface area (TPSA) is 94.1 Å². The van der Waals surface area contributed by atoms with Gasteiger partial charge in [0.25, 0.3) is 0 Å². The summed E-state index contributed by atoms with van der Waals surface area (Å²) in [6.07, 6.45) is 13.4. The summed E-state index contributed by atoms with van der Waals surface area (Å²) in [6, 6.07) is 0.995. The fraction of sp³-hybridized carbons (Fsp3) is 0.667. The SMILES string of the molecule is COc1nc(NC2CCC(C)CC2)ncc1Br.COc1nc(NC2CCC(C)CC2)ncc1Br. The van der Waals surface area contributed by atoms with Crippen LogP contribution in [0.15, 0.2) is 21.3 Å². The molecule has 34 heavy (non-hydrogen) atoms. The fourth-order valence-electron chi connectivity index (χ4n) is 4.30. The molecule has 2 fully saturated rings. The molecule has 10 heteroatoms. The number of nitrogens with zero attached hydrogens (tertiary/aromatic N) is 4. The number of hydrogen-bond acceptors (Lipinski definition) is 8. The van der Waals surface area contributed by atoms with Gasteiger partial charge in [-0.3, -0.25) is 0 Å². The lowest BCUT2D eigenvalue weighted by atomic mass is 9.87. The third kappa shape index (κ3) is 8.22. The lowest BCUT2D eigenvalue weighted by molar-refractivity contribution is 0.359. The van der Waals surface area contributed by atoms with E-state index in [1.807, 2.05) is 0 Å². The molecule has 2 aliphatic rings. The van der Waals surface area contributed by atoms with E-state index in [0.29, 0.717) is 35.7 Å². The molecular weight excluding hydrogens is 564 g/mol. The van der Waals surface area contributed by atoms with Crippen LogP contribution in [-0.4, -0.2) is 46.2 Å². The molecule has 8 nitrogen and oxygen atoms in total. The molecule has 2 N–H and O–H groups in total. The Morgan fingerprint density at radius 3 is 1.35 bits per heavy atom. The second-order valence-corrected chi connectivity index (χ2v) is 11.0. The highest BCUT2D eigenvalue weighted by atomic mass is 79.9. The van der Waals surface area contributed by atoms with E-state index in [2.05, 4.69) is 76.3 Å². The smallest absolute Gasteiger partial charge is 0.232 e. The molecule has 0 bridgehead atoms. The number of hydrogen-bond donors (Lipinski definition) is 2. The number of anilines is 2. The standard InChI is InChI=1S/2C12H18BrN3O/c2*1-8-3-5-9(6-4-8)15-12-14-7-10(13)11(16-12)17-2/h2*7-9H,3-6H2,1-2H3,(H,14,15,16). The highest BCUT2D eigenvalue weighted by Gasteiger charge is 2.20. The minimum Gasteiger partial charge on any atom is -0.480 e. The Labute approximate surface area is 219 Å². The van der Waals surface area contributed by atoms with Gasteiger partial charge in [-0.1, -0.05) is 13.8 Å². The molecule has 0 spiro atoms. The average Bonchev–Trinajstić information content (AvgIpc) is 2.85. The maximum Gasteiger partial charge on any atom is 0.232 e. The van der Waals surface area contributed by atoms with E-state index in [1.54, 1.807) is 26.6 Å². The molecule has 2 saturated carbocycles. The van der Waals surface area contributed by atoms with Crippen LogP contribution < -0.4 is 20.1 Å². The Kier molecular flexibility index (Phi) is 10.6. The van der Waals surface area contributed by atoms with Crippen LogP contribution in [0.3, 0.4) is 0 Å². The molecule has 2 aliphatic carbocycles. The number of nitrogens with one attached hydrogen (secondary N) is 2. The summed E-state index contributed by atoms with van der Waals surface area (Å²) in [4.78, 5) is 17.1. The summed E-state index contributed by atoms with van der Waals surface area (Å²) in [5.74, 6) is 4.18. The molecule has 0 atom stereocenters. The Morgan fingerprint density at radius 1 is 0.676 bits per heavy atom. The summed E-state index contributed by atoms with van der Waals surface area (Å²) in [5.41, 5.74) is 0. The van der Waals surface area contributed by atoms with Crippen molar-refractivity contribution in [2.45, 2.75) is 77.3 Å². The monoisotopic (exact) mass is 598 g/mol. The average molecular weight is 600 g/mol. The van der Waals surface area contributed by atoms with E-state index in [1.165, 1.54) is 51.4 Å². The zero-order chi connectivity index (χ0) is 24.5. The molecular formula is C24H36Br2N6O2. The van der Waals surface area contributed by atoms with Gasteiger partial charge in [-0.05, 0) is 95.1 Å².